The largest absolute Gasteiger partial charge is 0.487 e. The van der Waals surface area contributed by atoms with Gasteiger partial charge in [0.1, 0.15) is 18.0 Å². The lowest BCUT2D eigenvalue weighted by Crippen LogP contribution is -2.29. The number of unbranched alkanes of at least 4 members (excludes halogenated alkanes) is 1. The van der Waals surface area contributed by atoms with Crippen LogP contribution in [0.5, 0.6) is 5.75 Å². The highest BCUT2D eigenvalue weighted by Gasteiger charge is 2.38. The van der Waals surface area contributed by atoms with E-state index in [2.05, 4.69) is 6.92 Å². The number of sulfone groups is 1. The number of hydrogen-bond donors (Lipinski definition) is 1. The van der Waals surface area contributed by atoms with Crippen molar-refractivity contribution >= 4 is 9.84 Å². The van der Waals surface area contributed by atoms with Crippen LogP contribution in [-0.4, -0.2) is 37.2 Å². The van der Waals surface area contributed by atoms with Gasteiger partial charge in [0.15, 0.2) is 9.84 Å². The Balaban J connectivity index is 1.96. The van der Waals surface area contributed by atoms with Crippen molar-refractivity contribution in [3.05, 3.63) is 29.8 Å². The van der Waals surface area contributed by atoms with Crippen LogP contribution in [0.2, 0.25) is 0 Å². The lowest BCUT2D eigenvalue weighted by atomic mass is 10.1. The molecule has 2 rings (SSSR count). The summed E-state index contributed by atoms with van der Waals surface area (Å²) in [5, 5.41) is 9.65. The average Bonchev–Trinajstić information content (AvgIpc) is 2.61. The van der Waals surface area contributed by atoms with Gasteiger partial charge in [0.25, 0.3) is 0 Å². The molecule has 2 unspecified atom stereocenters. The first-order chi connectivity index (χ1) is 9.00. The second-order valence-corrected chi connectivity index (χ2v) is 7.20. The Hall–Kier alpha value is -1.07. The molecule has 1 aromatic rings. The van der Waals surface area contributed by atoms with Crippen LogP contribution in [0.1, 0.15) is 25.3 Å². The van der Waals surface area contributed by atoms with Gasteiger partial charge in [0.05, 0.1) is 11.5 Å². The number of ether oxygens (including phenoxy) is 1. The molecule has 0 aromatic heterocycles. The fraction of sp³-hybridized carbons (Fsp3) is 0.571. The molecule has 4 nitrogen and oxygen atoms in total. The number of rotatable bonds is 5. The lowest BCUT2D eigenvalue weighted by molar-refractivity contribution is 0.0738. The van der Waals surface area contributed by atoms with Gasteiger partial charge in [-0.3, -0.25) is 0 Å². The van der Waals surface area contributed by atoms with Crippen molar-refractivity contribution in [3.63, 3.8) is 0 Å². The van der Waals surface area contributed by atoms with Gasteiger partial charge in [0, 0.05) is 0 Å². The summed E-state index contributed by atoms with van der Waals surface area (Å²) in [7, 11) is -3.16. The monoisotopic (exact) mass is 284 g/mol. The van der Waals surface area contributed by atoms with Crippen LogP contribution in [0.25, 0.3) is 0 Å². The van der Waals surface area contributed by atoms with Gasteiger partial charge >= 0.3 is 0 Å². The maximum atomic E-state index is 11.4. The molecular formula is C14H20O4S. The van der Waals surface area contributed by atoms with E-state index in [1.54, 1.807) is 0 Å². The molecule has 1 heterocycles. The molecule has 0 spiro atoms. The van der Waals surface area contributed by atoms with E-state index >= 15 is 0 Å². The first-order valence-corrected chi connectivity index (χ1v) is 8.46. The van der Waals surface area contributed by atoms with Gasteiger partial charge in [-0.25, -0.2) is 8.42 Å². The van der Waals surface area contributed by atoms with Crippen LogP contribution in [0.15, 0.2) is 24.3 Å². The number of hydrogen-bond acceptors (Lipinski definition) is 4. The lowest BCUT2D eigenvalue weighted by Gasteiger charge is -2.15. The first kappa shape index (κ1) is 14.3. The Bertz CT molecular complexity index is 507. The average molecular weight is 284 g/mol. The quantitative estimate of drug-likeness (QED) is 0.891. The van der Waals surface area contributed by atoms with E-state index in [1.807, 2.05) is 24.3 Å². The second kappa shape index (κ2) is 5.92. The minimum Gasteiger partial charge on any atom is -0.487 e. The van der Waals surface area contributed by atoms with Crippen molar-refractivity contribution in [2.24, 2.45) is 0 Å². The van der Waals surface area contributed by atoms with Crippen molar-refractivity contribution in [2.45, 2.75) is 38.4 Å². The molecule has 0 aliphatic carbocycles. The topological polar surface area (TPSA) is 63.6 Å². The smallest absolute Gasteiger partial charge is 0.156 e. The summed E-state index contributed by atoms with van der Waals surface area (Å²) < 4.78 is 28.3. The van der Waals surface area contributed by atoms with E-state index in [-0.39, 0.29) is 11.5 Å². The molecule has 0 amide bonds. The zero-order valence-electron chi connectivity index (χ0n) is 11.1. The number of benzene rings is 1. The molecule has 19 heavy (non-hydrogen) atoms. The third-order valence-electron chi connectivity index (χ3n) is 3.30. The van der Waals surface area contributed by atoms with Gasteiger partial charge in [-0.1, -0.05) is 25.5 Å². The standard InChI is InChI=1S/C14H20O4S/c1-2-3-4-11-5-7-12(8-6-11)18-14-10-19(16,17)9-13(14)15/h5-8,13-15H,2-4,9-10H2,1H3. The maximum Gasteiger partial charge on any atom is 0.156 e. The Morgan fingerprint density at radius 2 is 1.95 bits per heavy atom. The molecule has 1 saturated heterocycles. The highest BCUT2D eigenvalue weighted by atomic mass is 32.2. The van der Waals surface area contributed by atoms with E-state index in [0.29, 0.717) is 5.75 Å². The highest BCUT2D eigenvalue weighted by Crippen LogP contribution is 2.21. The summed E-state index contributed by atoms with van der Waals surface area (Å²) in [6.07, 6.45) is 1.78. The summed E-state index contributed by atoms with van der Waals surface area (Å²) in [4.78, 5) is 0. The molecule has 1 N–H and O–H groups in total. The predicted molar refractivity (Wildman–Crippen MR) is 74.1 cm³/mol. The molecule has 0 saturated carbocycles. The summed E-state index contributed by atoms with van der Waals surface area (Å²) in [5.41, 5.74) is 1.24. The fourth-order valence-corrected chi connectivity index (χ4v) is 3.86. The third-order valence-corrected chi connectivity index (χ3v) is 4.99. The second-order valence-electron chi connectivity index (χ2n) is 5.05. The van der Waals surface area contributed by atoms with E-state index in [0.717, 1.165) is 19.3 Å². The third kappa shape index (κ3) is 3.94. The molecule has 0 radical (unpaired) electrons. The van der Waals surface area contributed by atoms with Crippen molar-refractivity contribution in [1.29, 1.82) is 0 Å². The van der Waals surface area contributed by atoms with Crippen molar-refractivity contribution < 1.29 is 18.3 Å². The molecule has 1 fully saturated rings. The van der Waals surface area contributed by atoms with Crippen molar-refractivity contribution in [3.8, 4) is 5.75 Å². The van der Waals surface area contributed by atoms with E-state index in [4.69, 9.17) is 4.74 Å². The zero-order valence-corrected chi connectivity index (χ0v) is 11.9. The van der Waals surface area contributed by atoms with Gasteiger partial charge in [0.2, 0.25) is 0 Å². The van der Waals surface area contributed by atoms with E-state index in [9.17, 15) is 13.5 Å². The fourth-order valence-electron chi connectivity index (χ4n) is 2.20. The maximum absolute atomic E-state index is 11.4. The Labute approximate surface area is 114 Å². The molecule has 1 aromatic carbocycles. The zero-order chi connectivity index (χ0) is 13.9. The van der Waals surface area contributed by atoms with Crippen LogP contribution >= 0.6 is 0 Å². The van der Waals surface area contributed by atoms with Crippen LogP contribution in [-0.2, 0) is 16.3 Å². The highest BCUT2D eigenvalue weighted by molar-refractivity contribution is 7.91. The normalized spacial score (nSPS) is 25.4. The SMILES string of the molecule is CCCCc1ccc(OC2CS(=O)(=O)CC2O)cc1. The Kier molecular flexibility index (Phi) is 4.47. The first-order valence-electron chi connectivity index (χ1n) is 6.64. The van der Waals surface area contributed by atoms with Crippen LogP contribution < -0.4 is 4.74 Å². The van der Waals surface area contributed by atoms with Gasteiger partial charge in [-0.15, -0.1) is 0 Å². The molecule has 1 aliphatic heterocycles. The Morgan fingerprint density at radius 1 is 1.26 bits per heavy atom. The summed E-state index contributed by atoms with van der Waals surface area (Å²) in [5.74, 6) is 0.305. The molecule has 0 bridgehead atoms. The van der Waals surface area contributed by atoms with Crippen molar-refractivity contribution in [1.82, 2.24) is 0 Å². The minimum absolute atomic E-state index is 0.105. The minimum atomic E-state index is -3.16. The number of aryl methyl sites for hydroxylation is 1. The van der Waals surface area contributed by atoms with Gasteiger partial charge in [-0.05, 0) is 30.5 Å². The predicted octanol–water partition coefficient (Wildman–Crippen LogP) is 1.57. The van der Waals surface area contributed by atoms with E-state index < -0.39 is 22.0 Å². The number of aliphatic hydroxyl groups is 1. The molecule has 2 atom stereocenters. The van der Waals surface area contributed by atoms with Crippen molar-refractivity contribution in [2.75, 3.05) is 11.5 Å². The summed E-state index contributed by atoms with van der Waals surface area (Å²) in [6.45, 7) is 2.15. The molecule has 5 heteroatoms. The van der Waals surface area contributed by atoms with Crippen LogP contribution in [0.3, 0.4) is 0 Å². The Morgan fingerprint density at radius 3 is 2.47 bits per heavy atom. The van der Waals surface area contributed by atoms with E-state index in [1.165, 1.54) is 5.56 Å². The summed E-state index contributed by atoms with van der Waals surface area (Å²) in [6, 6.07) is 7.65. The molecule has 1 aliphatic rings. The van der Waals surface area contributed by atoms with Gasteiger partial charge < -0.3 is 9.84 Å². The molecule has 106 valence electrons. The summed E-state index contributed by atoms with van der Waals surface area (Å²) >= 11 is 0. The van der Waals surface area contributed by atoms with Gasteiger partial charge in [-0.2, -0.15) is 0 Å². The van der Waals surface area contributed by atoms with Crippen LogP contribution in [0.4, 0.5) is 0 Å². The molecular weight excluding hydrogens is 264 g/mol. The van der Waals surface area contributed by atoms with Crippen LogP contribution in [0, 0.1) is 0 Å². The number of aliphatic hydroxyl groups excluding tert-OH is 1.